The van der Waals surface area contributed by atoms with Gasteiger partial charge in [0.05, 0.1) is 29.7 Å². The molecule has 0 aliphatic heterocycles. The molecule has 1 saturated carbocycles. The number of rotatable bonds is 10. The summed E-state index contributed by atoms with van der Waals surface area (Å²) in [7, 11) is 7.14. The minimum absolute atomic E-state index is 0.0186. The van der Waals surface area contributed by atoms with Crippen molar-refractivity contribution in [3.8, 4) is 16.3 Å². The summed E-state index contributed by atoms with van der Waals surface area (Å²) in [5.41, 5.74) is 2.24. The lowest BCUT2D eigenvalue weighted by molar-refractivity contribution is -0.117. The quantitative estimate of drug-likeness (QED) is 0.261. The van der Waals surface area contributed by atoms with E-state index < -0.39 is 11.1 Å². The summed E-state index contributed by atoms with van der Waals surface area (Å²) in [5, 5.41) is 20.1. The Morgan fingerprint density at radius 2 is 1.87 bits per heavy atom. The third kappa shape index (κ3) is 6.77. The van der Waals surface area contributed by atoms with Crippen LogP contribution in [0.25, 0.3) is 10.6 Å². The van der Waals surface area contributed by atoms with Crippen LogP contribution in [0.5, 0.6) is 5.75 Å². The van der Waals surface area contributed by atoms with E-state index in [1.165, 1.54) is 18.4 Å². The molecular weight excluding hydrogens is 515 g/mol. The fraction of sp³-hybridized carbons (Fsp3) is 0.333. The zero-order chi connectivity index (χ0) is 28.3. The third-order valence-corrected chi connectivity index (χ3v) is 6.95. The topological polar surface area (TPSA) is 147 Å². The van der Waals surface area contributed by atoms with Gasteiger partial charge in [-0.25, -0.2) is 4.98 Å². The number of methoxy groups -OCH3 is 1. The number of thiazole rings is 1. The number of benzene rings is 1. The van der Waals surface area contributed by atoms with E-state index in [1.54, 1.807) is 19.1 Å². The van der Waals surface area contributed by atoms with E-state index in [0.29, 0.717) is 44.8 Å². The molecule has 4 rings (SSSR count). The Labute approximate surface area is 233 Å². The molecule has 4 N–H and O–H groups in total. The summed E-state index contributed by atoms with van der Waals surface area (Å²) in [6, 6.07) is 7.05. The van der Waals surface area contributed by atoms with Crippen molar-refractivity contribution in [2.45, 2.75) is 31.9 Å². The monoisotopic (exact) mass is 545 g/mol. The van der Waals surface area contributed by atoms with Gasteiger partial charge < -0.3 is 26.0 Å². The first-order chi connectivity index (χ1) is 18.5. The fourth-order valence-corrected chi connectivity index (χ4v) is 4.83. The van der Waals surface area contributed by atoms with Crippen molar-refractivity contribution in [2.24, 2.45) is 5.92 Å². The number of carbonyl (C=O) groups excluding carboxylic acids is 3. The molecule has 0 saturated heterocycles. The van der Waals surface area contributed by atoms with Crippen LogP contribution in [0.2, 0.25) is 0 Å². The number of aromatic nitrogens is 3. The summed E-state index contributed by atoms with van der Waals surface area (Å²) in [5.74, 6) is -0.0335. The number of hydrogen-bond donors (Lipinski definition) is 4. The zero-order valence-electron chi connectivity index (χ0n) is 22.9. The van der Waals surface area contributed by atoms with Gasteiger partial charge in [0.25, 0.3) is 11.8 Å². The second-order valence-electron chi connectivity index (χ2n) is 10.3. The molecule has 0 spiro atoms. The van der Waals surface area contributed by atoms with Gasteiger partial charge in [0.15, 0.2) is 17.3 Å². The van der Waals surface area contributed by atoms with Gasteiger partial charge in [-0.1, -0.05) is 6.07 Å². The lowest BCUT2D eigenvalue weighted by Gasteiger charge is -2.22. The van der Waals surface area contributed by atoms with Crippen molar-refractivity contribution in [1.29, 1.82) is 0 Å². The number of anilines is 3. The molecule has 3 amide bonds. The first-order valence-corrected chi connectivity index (χ1v) is 13.5. The van der Waals surface area contributed by atoms with Crippen molar-refractivity contribution in [2.75, 3.05) is 24.3 Å². The molecule has 11 nitrogen and oxygen atoms in total. The highest BCUT2D eigenvalue weighted by Gasteiger charge is 2.30. The Hall–Kier alpha value is -3.87. The van der Waals surface area contributed by atoms with Crippen LogP contribution in [-0.2, 0) is 4.79 Å². The third-order valence-electron chi connectivity index (χ3n) is 5.76. The molecule has 0 bridgehead atoms. The molecule has 0 unspecified atom stereocenters. The number of aryl methyl sites for hydroxylation is 1. The number of hydrogen-bond acceptors (Lipinski definition) is 9. The smallest absolute Gasteiger partial charge is 0.272 e. The normalized spacial score (nSPS) is 12.9. The zero-order valence-corrected chi connectivity index (χ0v) is 23.7. The largest absolute Gasteiger partial charge is 0.494 e. The Bertz CT molecular complexity index is 1420. The van der Waals surface area contributed by atoms with E-state index in [4.69, 9.17) is 4.74 Å². The Balaban J connectivity index is 1.72. The maximum Gasteiger partial charge on any atom is 0.272 e. The summed E-state index contributed by atoms with van der Waals surface area (Å²) < 4.78 is 5.77. The predicted molar refractivity (Wildman–Crippen MR) is 159 cm³/mol. The van der Waals surface area contributed by atoms with Crippen LogP contribution in [0.4, 0.5) is 17.2 Å². The fourth-order valence-electron chi connectivity index (χ4n) is 3.82. The van der Waals surface area contributed by atoms with Gasteiger partial charge in [0.1, 0.15) is 33.4 Å². The van der Waals surface area contributed by atoms with Crippen LogP contribution in [0.1, 0.15) is 45.6 Å². The summed E-state index contributed by atoms with van der Waals surface area (Å²) in [4.78, 5) is 43.0. The van der Waals surface area contributed by atoms with Gasteiger partial charge in [-0.3, -0.25) is 14.4 Å². The van der Waals surface area contributed by atoms with E-state index in [-0.39, 0.29) is 29.2 Å². The molecule has 1 aromatic carbocycles. The maximum atomic E-state index is 13.1. The van der Waals surface area contributed by atoms with Gasteiger partial charge in [-0.05, 0) is 44.1 Å². The Morgan fingerprint density at radius 3 is 2.51 bits per heavy atom. The number of nitrogens with zero attached hydrogens (tertiary/aromatic N) is 3. The highest BCUT2D eigenvalue weighted by Crippen LogP contribution is 2.40. The minimum Gasteiger partial charge on any atom is -0.494 e. The van der Waals surface area contributed by atoms with E-state index in [2.05, 4.69) is 36.4 Å². The van der Waals surface area contributed by atoms with Crippen LogP contribution in [0.3, 0.4) is 0 Å². The average molecular weight is 545 g/mol. The van der Waals surface area contributed by atoms with Gasteiger partial charge in [-0.15, -0.1) is 21.5 Å². The number of carbonyl (C=O) groups is 3. The molecule has 0 radical (unpaired) electrons. The lowest BCUT2D eigenvalue weighted by Crippen LogP contribution is -2.50. The van der Waals surface area contributed by atoms with E-state index >= 15 is 0 Å². The maximum absolute atomic E-state index is 13.1. The molecule has 0 atom stereocenters. The minimum atomic E-state index is -0.503. The van der Waals surface area contributed by atoms with E-state index in [0.717, 1.165) is 12.8 Å². The Morgan fingerprint density at radius 1 is 1.13 bits per heavy atom. The molecular formula is C24H30B3N7O4S. The SMILES string of the molecule is BC(B)(B)NC(=O)c1nnc(NC(=O)C2CC2)cc1Nc1cccc(-c2nc(C)c(C(=O)NCC)s2)c1OC. The van der Waals surface area contributed by atoms with E-state index in [1.807, 2.05) is 42.6 Å². The molecule has 39 heavy (non-hydrogen) atoms. The van der Waals surface area contributed by atoms with Gasteiger partial charge in [0.2, 0.25) is 5.91 Å². The summed E-state index contributed by atoms with van der Waals surface area (Å²) in [6.07, 6.45) is 1.69. The van der Waals surface area contributed by atoms with Crippen molar-refractivity contribution >= 4 is 69.8 Å². The number of ether oxygens (including phenoxy) is 1. The first kappa shape index (κ1) is 28.2. The molecule has 3 aromatic rings. The second kappa shape index (κ2) is 11.5. The molecule has 15 heteroatoms. The molecule has 200 valence electrons. The number of para-hydroxylation sites is 1. The lowest BCUT2D eigenvalue weighted by atomic mass is 9.49. The standard InChI is InChI=1S/C24H30B3N7O4S/c1-4-28-22(37)19-11(2)29-23(39-19)13-6-5-7-14(18(13)38-3)30-15-10-16(31-20(35)12-8-9-12)33-34-17(15)21(36)32-24(25,26)27/h5-7,10,12H,4,8-9,25-27H2,1-3H3,(H,28,37)(H,32,36)(H2,30,31,33,35). The van der Waals surface area contributed by atoms with Gasteiger partial charge in [0, 0.05) is 18.5 Å². The highest BCUT2D eigenvalue weighted by atomic mass is 32.1. The van der Waals surface area contributed by atoms with Crippen molar-refractivity contribution in [3.63, 3.8) is 0 Å². The number of nitrogens with one attached hydrogen (secondary N) is 4. The van der Waals surface area contributed by atoms with Crippen LogP contribution < -0.4 is 26.0 Å². The van der Waals surface area contributed by atoms with Crippen molar-refractivity contribution in [3.05, 3.63) is 40.5 Å². The predicted octanol–water partition coefficient (Wildman–Crippen LogP) is -0.000680. The number of amides is 3. The van der Waals surface area contributed by atoms with Crippen LogP contribution in [0.15, 0.2) is 24.3 Å². The molecule has 2 heterocycles. The second-order valence-corrected chi connectivity index (χ2v) is 11.3. The van der Waals surface area contributed by atoms with E-state index in [9.17, 15) is 14.4 Å². The molecule has 1 aliphatic rings. The molecule has 2 aromatic heterocycles. The van der Waals surface area contributed by atoms with Crippen LogP contribution in [0, 0.1) is 12.8 Å². The van der Waals surface area contributed by atoms with Crippen molar-refractivity contribution in [1.82, 2.24) is 25.8 Å². The molecule has 1 aliphatic carbocycles. The average Bonchev–Trinajstić information content (AvgIpc) is 3.65. The highest BCUT2D eigenvalue weighted by molar-refractivity contribution is 7.17. The Kier molecular flexibility index (Phi) is 8.29. The van der Waals surface area contributed by atoms with Crippen molar-refractivity contribution < 1.29 is 19.1 Å². The summed E-state index contributed by atoms with van der Waals surface area (Å²) >= 11 is 1.27. The van der Waals surface area contributed by atoms with Crippen LogP contribution >= 0.6 is 11.3 Å². The molecule has 1 fully saturated rings. The first-order valence-electron chi connectivity index (χ1n) is 12.7. The summed E-state index contributed by atoms with van der Waals surface area (Å²) in [6.45, 7) is 4.17. The van der Waals surface area contributed by atoms with Crippen LogP contribution in [-0.4, -0.2) is 75.3 Å². The van der Waals surface area contributed by atoms with Gasteiger partial charge >= 0.3 is 0 Å². The van der Waals surface area contributed by atoms with Gasteiger partial charge in [-0.2, -0.15) is 0 Å².